The molecule has 0 aliphatic carbocycles. The van der Waals surface area contributed by atoms with Crippen LogP contribution in [0.5, 0.6) is 5.75 Å². The number of para-hydroxylation sites is 1. The Morgan fingerprint density at radius 1 is 1.21 bits per heavy atom. The van der Waals surface area contributed by atoms with Gasteiger partial charge in [0.2, 0.25) is 0 Å². The Kier molecular flexibility index (Phi) is 5.25. The molecule has 2 aromatic rings. The van der Waals surface area contributed by atoms with Crippen molar-refractivity contribution in [1.29, 1.82) is 0 Å². The number of ether oxygens (including phenoxy) is 1. The topological polar surface area (TPSA) is 61.8 Å². The molecule has 2 atom stereocenters. The molecule has 0 amide bonds. The molecule has 3 rings (SSSR count). The van der Waals surface area contributed by atoms with E-state index in [0.717, 1.165) is 13.0 Å². The van der Waals surface area contributed by atoms with Crippen LogP contribution in [0.15, 0.2) is 54.6 Å². The van der Waals surface area contributed by atoms with Gasteiger partial charge in [0.15, 0.2) is 6.17 Å². The number of likely N-dealkylation sites (N-methyl/N-ethyl adjacent to an activating group) is 1. The molecule has 0 bridgehead atoms. The summed E-state index contributed by atoms with van der Waals surface area (Å²) in [5.74, 6) is 0.0562. The van der Waals surface area contributed by atoms with Crippen molar-refractivity contribution in [2.75, 3.05) is 13.6 Å². The number of carbonyl (C=O) groups is 1. The largest absolute Gasteiger partial charge is 0.424 e. The lowest BCUT2D eigenvalue weighted by Crippen LogP contribution is -2.44. The van der Waals surface area contributed by atoms with Crippen molar-refractivity contribution in [3.05, 3.63) is 65.7 Å². The van der Waals surface area contributed by atoms with Crippen LogP contribution < -0.4 is 10.1 Å². The van der Waals surface area contributed by atoms with Crippen LogP contribution in [0, 0.1) is 0 Å². The number of carbonyl (C=O) groups excluding carboxylic acids is 1. The van der Waals surface area contributed by atoms with Gasteiger partial charge in [-0.1, -0.05) is 48.5 Å². The molecule has 1 saturated heterocycles. The van der Waals surface area contributed by atoms with Gasteiger partial charge in [0, 0.05) is 18.2 Å². The molecule has 1 aliphatic rings. The smallest absolute Gasteiger partial charge is 0.343 e. The van der Waals surface area contributed by atoms with Gasteiger partial charge in [0.1, 0.15) is 5.75 Å². The first-order valence-corrected chi connectivity index (χ1v) is 8.08. The first-order chi connectivity index (χ1) is 11.7. The molecule has 126 valence electrons. The predicted molar refractivity (Wildman–Crippen MR) is 91.5 cm³/mol. The molecule has 24 heavy (non-hydrogen) atoms. The lowest BCUT2D eigenvalue weighted by Gasteiger charge is -2.18. The van der Waals surface area contributed by atoms with Crippen LogP contribution in [0.4, 0.5) is 0 Å². The summed E-state index contributed by atoms with van der Waals surface area (Å²) in [5.41, 5.74) is 1.84. The van der Waals surface area contributed by atoms with E-state index < -0.39 is 6.17 Å². The molecule has 1 heterocycles. The SMILES string of the molecule is CN1CC(Cc2ccccc2)NC1C(=O)Oc1ccccc1CO. The zero-order valence-electron chi connectivity index (χ0n) is 13.7. The highest BCUT2D eigenvalue weighted by atomic mass is 16.5. The minimum absolute atomic E-state index is 0.159. The van der Waals surface area contributed by atoms with Gasteiger partial charge in [-0.15, -0.1) is 0 Å². The molecule has 0 radical (unpaired) electrons. The maximum atomic E-state index is 12.5. The van der Waals surface area contributed by atoms with Crippen LogP contribution in [0.2, 0.25) is 0 Å². The molecule has 2 unspecified atom stereocenters. The van der Waals surface area contributed by atoms with Crippen molar-refractivity contribution in [1.82, 2.24) is 10.2 Å². The van der Waals surface area contributed by atoms with Gasteiger partial charge >= 0.3 is 5.97 Å². The zero-order chi connectivity index (χ0) is 16.9. The zero-order valence-corrected chi connectivity index (χ0v) is 13.7. The molecule has 2 aromatic carbocycles. The van der Waals surface area contributed by atoms with E-state index in [4.69, 9.17) is 4.74 Å². The van der Waals surface area contributed by atoms with Gasteiger partial charge in [0.25, 0.3) is 0 Å². The molecule has 0 spiro atoms. The third-order valence-electron chi connectivity index (χ3n) is 4.24. The van der Waals surface area contributed by atoms with Crippen molar-refractivity contribution < 1.29 is 14.6 Å². The summed E-state index contributed by atoms with van der Waals surface area (Å²) < 4.78 is 5.49. The van der Waals surface area contributed by atoms with Crippen molar-refractivity contribution >= 4 is 5.97 Å². The Labute approximate surface area is 141 Å². The van der Waals surface area contributed by atoms with E-state index in [1.807, 2.05) is 30.1 Å². The van der Waals surface area contributed by atoms with Crippen LogP contribution in [0.25, 0.3) is 0 Å². The van der Waals surface area contributed by atoms with Crippen LogP contribution >= 0.6 is 0 Å². The molecule has 0 aromatic heterocycles. The summed E-state index contributed by atoms with van der Waals surface area (Å²) in [4.78, 5) is 14.4. The first-order valence-electron chi connectivity index (χ1n) is 8.08. The van der Waals surface area contributed by atoms with Crippen LogP contribution in [0.3, 0.4) is 0 Å². The van der Waals surface area contributed by atoms with Crippen LogP contribution in [-0.4, -0.2) is 41.8 Å². The van der Waals surface area contributed by atoms with Gasteiger partial charge in [-0.05, 0) is 25.1 Å². The molecule has 5 heteroatoms. The average molecular weight is 326 g/mol. The molecule has 0 saturated carbocycles. The predicted octanol–water partition coefficient (Wildman–Crippen LogP) is 1.56. The highest BCUT2D eigenvalue weighted by Crippen LogP contribution is 2.20. The van der Waals surface area contributed by atoms with Gasteiger partial charge in [-0.25, -0.2) is 4.79 Å². The van der Waals surface area contributed by atoms with E-state index in [-0.39, 0.29) is 18.6 Å². The first kappa shape index (κ1) is 16.6. The van der Waals surface area contributed by atoms with Crippen molar-refractivity contribution in [3.63, 3.8) is 0 Å². The highest BCUT2D eigenvalue weighted by molar-refractivity contribution is 5.78. The average Bonchev–Trinajstić information content (AvgIpc) is 2.96. The van der Waals surface area contributed by atoms with E-state index in [9.17, 15) is 9.90 Å². The quantitative estimate of drug-likeness (QED) is 0.645. The Morgan fingerprint density at radius 3 is 2.67 bits per heavy atom. The summed E-state index contributed by atoms with van der Waals surface area (Å²) in [5, 5.41) is 12.7. The second-order valence-electron chi connectivity index (χ2n) is 6.08. The Morgan fingerprint density at radius 2 is 1.92 bits per heavy atom. The molecule has 2 N–H and O–H groups in total. The minimum atomic E-state index is -0.481. The lowest BCUT2D eigenvalue weighted by molar-refractivity contribution is -0.139. The van der Waals surface area contributed by atoms with E-state index in [1.54, 1.807) is 24.3 Å². The van der Waals surface area contributed by atoms with Gasteiger partial charge in [0.05, 0.1) is 6.61 Å². The third-order valence-corrected chi connectivity index (χ3v) is 4.24. The highest BCUT2D eigenvalue weighted by Gasteiger charge is 2.35. The molecule has 1 fully saturated rings. The lowest BCUT2D eigenvalue weighted by atomic mass is 10.1. The number of benzene rings is 2. The van der Waals surface area contributed by atoms with E-state index >= 15 is 0 Å². The van der Waals surface area contributed by atoms with E-state index in [2.05, 4.69) is 17.4 Å². The fraction of sp³-hybridized carbons (Fsp3) is 0.316. The number of hydrogen-bond acceptors (Lipinski definition) is 5. The Bertz CT molecular complexity index is 690. The van der Waals surface area contributed by atoms with Crippen molar-refractivity contribution in [2.45, 2.75) is 25.2 Å². The number of nitrogens with zero attached hydrogens (tertiary/aromatic N) is 1. The number of aliphatic hydroxyl groups excluding tert-OH is 1. The summed E-state index contributed by atoms with van der Waals surface area (Å²) in [6, 6.07) is 17.4. The van der Waals surface area contributed by atoms with E-state index in [0.29, 0.717) is 11.3 Å². The maximum absolute atomic E-state index is 12.5. The molecular formula is C19H22N2O3. The number of rotatable bonds is 5. The molecule has 1 aliphatic heterocycles. The van der Waals surface area contributed by atoms with Gasteiger partial charge in [-0.2, -0.15) is 0 Å². The molecular weight excluding hydrogens is 304 g/mol. The molecule has 5 nitrogen and oxygen atoms in total. The fourth-order valence-electron chi connectivity index (χ4n) is 3.02. The summed E-state index contributed by atoms with van der Waals surface area (Å²) >= 11 is 0. The number of hydrogen-bond donors (Lipinski definition) is 2. The van der Waals surface area contributed by atoms with Gasteiger partial charge in [-0.3, -0.25) is 10.2 Å². The number of aliphatic hydroxyl groups is 1. The standard InChI is InChI=1S/C19H22N2O3/c1-21-12-16(11-14-7-3-2-4-8-14)20-18(21)19(23)24-17-10-6-5-9-15(17)13-22/h2-10,16,18,20,22H,11-13H2,1H3. The second kappa shape index (κ2) is 7.57. The van der Waals surface area contributed by atoms with Crippen molar-refractivity contribution in [3.8, 4) is 5.75 Å². The van der Waals surface area contributed by atoms with Crippen molar-refractivity contribution in [2.24, 2.45) is 0 Å². The van der Waals surface area contributed by atoms with Crippen LogP contribution in [-0.2, 0) is 17.8 Å². The summed E-state index contributed by atoms with van der Waals surface area (Å²) in [6.07, 6.45) is 0.382. The van der Waals surface area contributed by atoms with Gasteiger partial charge < -0.3 is 9.84 Å². The number of nitrogens with one attached hydrogen (secondary N) is 1. The summed E-state index contributed by atoms with van der Waals surface area (Å²) in [6.45, 7) is 0.615. The fourth-order valence-corrected chi connectivity index (χ4v) is 3.02. The Balaban J connectivity index is 1.63. The van der Waals surface area contributed by atoms with E-state index in [1.165, 1.54) is 5.56 Å². The third kappa shape index (κ3) is 3.82. The maximum Gasteiger partial charge on any atom is 0.343 e. The monoisotopic (exact) mass is 326 g/mol. The summed E-state index contributed by atoms with van der Waals surface area (Å²) in [7, 11) is 1.90. The minimum Gasteiger partial charge on any atom is -0.424 e. The Hall–Kier alpha value is -2.21. The number of esters is 1. The second-order valence-corrected chi connectivity index (χ2v) is 6.08. The van der Waals surface area contributed by atoms with Crippen LogP contribution in [0.1, 0.15) is 11.1 Å². The normalized spacial score (nSPS) is 20.9.